The van der Waals surface area contributed by atoms with Crippen LogP contribution in [-0.4, -0.2) is 20.3 Å². The molecule has 0 aliphatic rings. The molecule has 0 amide bonds. The second kappa shape index (κ2) is 2.71. The van der Waals surface area contributed by atoms with Gasteiger partial charge in [-0.15, -0.1) is 11.3 Å². The van der Waals surface area contributed by atoms with E-state index >= 15 is 0 Å². The fourth-order valence-electron chi connectivity index (χ4n) is 0.512. The number of hydrogen-bond donors (Lipinski definition) is 0. The van der Waals surface area contributed by atoms with Gasteiger partial charge in [0.1, 0.15) is 0 Å². The summed E-state index contributed by atoms with van der Waals surface area (Å²) in [6.07, 6.45) is 1.40. The molecule has 0 saturated carbocycles. The Balaban J connectivity index is 2.57. The van der Waals surface area contributed by atoms with Crippen LogP contribution in [-0.2, 0) is 0 Å². The summed E-state index contributed by atoms with van der Waals surface area (Å²) in [6, 6.07) is 0. The predicted octanol–water partition coefficient (Wildman–Crippen LogP) is 0.457. The van der Waals surface area contributed by atoms with E-state index in [1.54, 1.807) is 5.38 Å². The van der Waals surface area contributed by atoms with Gasteiger partial charge in [0.15, 0.2) is 0 Å². The molecule has 6 heteroatoms. The maximum absolute atomic E-state index is 11.6. The van der Waals surface area contributed by atoms with Gasteiger partial charge in [-0.3, -0.25) is 4.98 Å². The number of nitrogens with zero attached hydrogens (tertiary/aromatic N) is 1. The molecule has 10 heavy (non-hydrogen) atoms. The van der Waals surface area contributed by atoms with Crippen molar-refractivity contribution in [2.75, 3.05) is 0 Å². The third-order valence-corrected chi connectivity index (χ3v) is 3.29. The molecule has 0 saturated heterocycles. The van der Waals surface area contributed by atoms with E-state index in [9.17, 15) is 13.2 Å². The van der Waals surface area contributed by atoms with E-state index in [1.807, 2.05) is 0 Å². The van der Waals surface area contributed by atoms with Gasteiger partial charge in [0.05, 0.1) is 4.63 Å². The largest absolute Gasteiger partial charge is 0.362 e. The standard InChI is InChI=1S/C4H4F3NSSi/c5-4(6,7)10-3-8-1-2-9-3/h1-2H,10H2. The first-order chi connectivity index (χ1) is 4.58. The topological polar surface area (TPSA) is 12.9 Å². The molecule has 56 valence electrons. The molecule has 0 aliphatic heterocycles. The van der Waals surface area contributed by atoms with Crippen molar-refractivity contribution in [1.29, 1.82) is 0 Å². The second-order valence-corrected chi connectivity index (χ2v) is 5.03. The summed E-state index contributed by atoms with van der Waals surface area (Å²) in [4.78, 5) is 3.56. The molecule has 1 nitrogen and oxygen atoms in total. The van der Waals surface area contributed by atoms with Crippen LogP contribution in [0.1, 0.15) is 0 Å². The highest BCUT2D eigenvalue weighted by atomic mass is 32.1. The van der Waals surface area contributed by atoms with Crippen molar-refractivity contribution in [2.45, 2.75) is 5.80 Å². The van der Waals surface area contributed by atoms with Gasteiger partial charge in [-0.2, -0.15) is 13.2 Å². The van der Waals surface area contributed by atoms with E-state index < -0.39 is 15.3 Å². The Morgan fingerprint density at radius 1 is 1.50 bits per heavy atom. The van der Waals surface area contributed by atoms with Crippen LogP contribution in [0.2, 0.25) is 0 Å². The summed E-state index contributed by atoms with van der Waals surface area (Å²) in [7, 11) is -2.12. The molecule has 0 fully saturated rings. The molecule has 1 aromatic rings. The summed E-state index contributed by atoms with van der Waals surface area (Å²) in [6.45, 7) is 0. The Kier molecular flexibility index (Phi) is 2.10. The number of thiazole rings is 1. The first-order valence-corrected chi connectivity index (χ1v) is 4.82. The van der Waals surface area contributed by atoms with Gasteiger partial charge in [-0.1, -0.05) is 0 Å². The average Bonchev–Trinajstić information content (AvgIpc) is 2.12. The molecule has 0 N–H and O–H groups in total. The van der Waals surface area contributed by atoms with E-state index in [2.05, 4.69) is 4.98 Å². The Labute approximate surface area is 61.7 Å². The first-order valence-electron chi connectivity index (χ1n) is 2.53. The zero-order valence-corrected chi connectivity index (χ0v) is 7.08. The van der Waals surface area contributed by atoms with E-state index in [-0.39, 0.29) is 4.63 Å². The van der Waals surface area contributed by atoms with Crippen molar-refractivity contribution in [3.63, 3.8) is 0 Å². The Morgan fingerprint density at radius 3 is 2.60 bits per heavy atom. The average molecular weight is 183 g/mol. The first kappa shape index (κ1) is 7.74. The Morgan fingerprint density at radius 2 is 2.20 bits per heavy atom. The fraction of sp³-hybridized carbons (Fsp3) is 0.250. The zero-order chi connectivity index (χ0) is 7.61. The minimum absolute atomic E-state index is 0.257. The fourth-order valence-corrected chi connectivity index (χ4v) is 2.56. The summed E-state index contributed by atoms with van der Waals surface area (Å²) in [5.41, 5.74) is 0. The molecule has 0 aliphatic carbocycles. The van der Waals surface area contributed by atoms with Crippen LogP contribution in [0, 0.1) is 0 Å². The lowest BCUT2D eigenvalue weighted by molar-refractivity contribution is -0.0455. The molecule has 0 radical (unpaired) electrons. The maximum atomic E-state index is 11.6. The lowest BCUT2D eigenvalue weighted by atomic mass is 11.0. The number of halogens is 3. The van der Waals surface area contributed by atoms with Crippen molar-refractivity contribution in [1.82, 2.24) is 4.98 Å². The van der Waals surface area contributed by atoms with Crippen molar-refractivity contribution in [2.24, 2.45) is 0 Å². The normalized spacial score (nSPS) is 13.1. The molecule has 1 aromatic heterocycles. The van der Waals surface area contributed by atoms with E-state index in [1.165, 1.54) is 6.20 Å². The van der Waals surface area contributed by atoms with Crippen LogP contribution in [0.25, 0.3) is 0 Å². The van der Waals surface area contributed by atoms with E-state index in [0.717, 1.165) is 11.3 Å². The van der Waals surface area contributed by atoms with Gasteiger partial charge in [-0.25, -0.2) is 0 Å². The van der Waals surface area contributed by atoms with Crippen LogP contribution >= 0.6 is 11.3 Å². The van der Waals surface area contributed by atoms with E-state index in [4.69, 9.17) is 0 Å². The smallest absolute Gasteiger partial charge is 0.255 e. The number of rotatable bonds is 1. The molecule has 0 aromatic carbocycles. The van der Waals surface area contributed by atoms with Crippen molar-refractivity contribution >= 4 is 25.5 Å². The van der Waals surface area contributed by atoms with Crippen molar-refractivity contribution < 1.29 is 13.2 Å². The molecule has 1 rings (SSSR count). The maximum Gasteiger partial charge on any atom is 0.362 e. The second-order valence-electron chi connectivity index (χ2n) is 1.72. The van der Waals surface area contributed by atoms with Crippen molar-refractivity contribution in [3.05, 3.63) is 11.6 Å². The number of hydrogen-bond acceptors (Lipinski definition) is 2. The quantitative estimate of drug-likeness (QED) is 0.576. The van der Waals surface area contributed by atoms with Crippen LogP contribution in [0.3, 0.4) is 0 Å². The monoisotopic (exact) mass is 183 g/mol. The lowest BCUT2D eigenvalue weighted by Gasteiger charge is -2.00. The highest BCUT2D eigenvalue weighted by molar-refractivity contribution is 7.19. The van der Waals surface area contributed by atoms with Crippen LogP contribution < -0.4 is 4.63 Å². The van der Waals surface area contributed by atoms with Crippen LogP contribution in [0.15, 0.2) is 11.6 Å². The lowest BCUT2D eigenvalue weighted by Crippen LogP contribution is -2.29. The summed E-state index contributed by atoms with van der Waals surface area (Å²) in [5, 5.41) is 1.56. The SMILES string of the molecule is FC(F)(F)[SiH2]c1nccs1. The molecule has 0 spiro atoms. The molecular formula is C4H4F3NSSi. The number of aromatic nitrogens is 1. The zero-order valence-electron chi connectivity index (χ0n) is 4.85. The highest BCUT2D eigenvalue weighted by Crippen LogP contribution is 2.11. The van der Waals surface area contributed by atoms with Crippen LogP contribution in [0.5, 0.6) is 0 Å². The van der Waals surface area contributed by atoms with E-state index in [0.29, 0.717) is 0 Å². The number of alkyl halides is 3. The van der Waals surface area contributed by atoms with Gasteiger partial charge >= 0.3 is 5.80 Å². The summed E-state index contributed by atoms with van der Waals surface area (Å²) in [5.74, 6) is -3.99. The summed E-state index contributed by atoms with van der Waals surface area (Å²) >= 11 is 1.08. The van der Waals surface area contributed by atoms with Crippen molar-refractivity contribution in [3.8, 4) is 0 Å². The molecule has 0 atom stereocenters. The molecular weight excluding hydrogens is 179 g/mol. The minimum atomic E-state index is -3.99. The van der Waals surface area contributed by atoms with Gasteiger partial charge < -0.3 is 0 Å². The van der Waals surface area contributed by atoms with Gasteiger partial charge in [0, 0.05) is 11.6 Å². The van der Waals surface area contributed by atoms with Gasteiger partial charge in [-0.05, 0) is 0 Å². The predicted molar refractivity (Wildman–Crippen MR) is 36.3 cm³/mol. The summed E-state index contributed by atoms with van der Waals surface area (Å²) < 4.78 is 35.2. The third kappa shape index (κ3) is 2.48. The minimum Gasteiger partial charge on any atom is -0.255 e. The highest BCUT2D eigenvalue weighted by Gasteiger charge is 2.29. The molecule has 0 bridgehead atoms. The Bertz CT molecular complexity index is 195. The van der Waals surface area contributed by atoms with Gasteiger partial charge in [0.2, 0.25) is 9.52 Å². The third-order valence-electron chi connectivity index (χ3n) is 0.835. The molecule has 0 unspecified atom stereocenters. The molecule has 1 heterocycles. The van der Waals surface area contributed by atoms with Crippen LogP contribution in [0.4, 0.5) is 13.2 Å². The van der Waals surface area contributed by atoms with Gasteiger partial charge in [0.25, 0.3) is 0 Å². The Hall–Kier alpha value is -0.363.